The lowest BCUT2D eigenvalue weighted by molar-refractivity contribution is -0.142. The van der Waals surface area contributed by atoms with Gasteiger partial charge in [-0.3, -0.25) is 9.69 Å². The molecule has 0 aromatic heterocycles. The van der Waals surface area contributed by atoms with Gasteiger partial charge in [0.15, 0.2) is 0 Å². The number of methoxy groups -OCH3 is 2. The highest BCUT2D eigenvalue weighted by Crippen LogP contribution is 2.25. The minimum atomic E-state index is -0.573. The molecular weight excluding hydrogens is 226 g/mol. The van der Waals surface area contributed by atoms with E-state index in [-0.39, 0.29) is 12.5 Å². The molecular formula is C11H17NO5. The Hall–Kier alpha value is -1.59. The van der Waals surface area contributed by atoms with Crippen molar-refractivity contribution in [2.24, 2.45) is 0 Å². The number of likely N-dealkylation sites (tertiary alicyclic amines) is 1. The third-order valence-corrected chi connectivity index (χ3v) is 2.96. The van der Waals surface area contributed by atoms with Crippen LogP contribution in [0.25, 0.3) is 0 Å². The van der Waals surface area contributed by atoms with Gasteiger partial charge in [-0.2, -0.15) is 0 Å². The number of hydrogen-bond acceptors (Lipinski definition) is 5. The van der Waals surface area contributed by atoms with E-state index in [0.29, 0.717) is 12.8 Å². The third-order valence-electron chi connectivity index (χ3n) is 2.96. The molecule has 17 heavy (non-hydrogen) atoms. The van der Waals surface area contributed by atoms with Crippen molar-refractivity contribution in [3.05, 3.63) is 0 Å². The summed E-state index contributed by atoms with van der Waals surface area (Å²) in [6.07, 6.45) is 2.33. The second-order valence-corrected chi connectivity index (χ2v) is 3.95. The Morgan fingerprint density at radius 2 is 2.00 bits per heavy atom. The van der Waals surface area contributed by atoms with Crippen LogP contribution in [0.1, 0.15) is 25.7 Å². The molecule has 1 heterocycles. The van der Waals surface area contributed by atoms with Crippen LogP contribution in [0, 0.1) is 0 Å². The fraction of sp³-hybridized carbons (Fsp3) is 0.727. The third kappa shape index (κ3) is 3.18. The lowest BCUT2D eigenvalue weighted by Gasteiger charge is -2.38. The monoisotopic (exact) mass is 243 g/mol. The lowest BCUT2D eigenvalue weighted by Crippen LogP contribution is -2.51. The predicted molar refractivity (Wildman–Crippen MR) is 58.4 cm³/mol. The maximum absolute atomic E-state index is 11.6. The zero-order valence-corrected chi connectivity index (χ0v) is 10.0. The van der Waals surface area contributed by atoms with Crippen LogP contribution in [-0.2, 0) is 19.1 Å². The zero-order valence-electron chi connectivity index (χ0n) is 10.0. The normalized spacial score (nSPS) is 24.0. The van der Waals surface area contributed by atoms with Gasteiger partial charge in [0, 0.05) is 6.04 Å². The quantitative estimate of drug-likeness (QED) is 0.540. The Labute approximate surface area is 99.9 Å². The van der Waals surface area contributed by atoms with E-state index in [1.54, 1.807) is 0 Å². The molecule has 1 aliphatic heterocycles. The largest absolute Gasteiger partial charge is 0.469 e. The van der Waals surface area contributed by atoms with E-state index >= 15 is 0 Å². The van der Waals surface area contributed by atoms with Crippen molar-refractivity contribution >= 4 is 18.3 Å². The molecule has 0 spiro atoms. The summed E-state index contributed by atoms with van der Waals surface area (Å²) >= 11 is 0. The molecule has 1 fully saturated rings. The highest BCUT2D eigenvalue weighted by Gasteiger charge is 2.36. The second kappa shape index (κ2) is 6.22. The van der Waals surface area contributed by atoms with Gasteiger partial charge >= 0.3 is 12.1 Å². The molecule has 0 unspecified atom stereocenters. The summed E-state index contributed by atoms with van der Waals surface area (Å²) in [7, 11) is 2.55. The number of carbonyl (C=O) groups is 3. The number of nitrogens with zero attached hydrogens (tertiary/aromatic N) is 1. The topological polar surface area (TPSA) is 72.9 Å². The Kier molecular flexibility index (Phi) is 4.93. The van der Waals surface area contributed by atoms with Crippen LogP contribution >= 0.6 is 0 Å². The molecule has 0 N–H and O–H groups in total. The number of ether oxygens (including phenoxy) is 2. The van der Waals surface area contributed by atoms with Crippen molar-refractivity contribution in [2.45, 2.75) is 37.8 Å². The predicted octanol–water partition coefficient (Wildman–Crippen LogP) is 0.738. The molecule has 1 saturated heterocycles. The molecule has 6 heteroatoms. The van der Waals surface area contributed by atoms with Crippen LogP contribution in [0.5, 0.6) is 0 Å². The molecule has 2 atom stereocenters. The van der Waals surface area contributed by atoms with Crippen LogP contribution in [0.2, 0.25) is 0 Å². The maximum Gasteiger partial charge on any atom is 0.410 e. The molecule has 1 rings (SSSR count). The summed E-state index contributed by atoms with van der Waals surface area (Å²) in [6, 6.07) is -0.829. The van der Waals surface area contributed by atoms with Gasteiger partial charge in [0.05, 0.1) is 26.7 Å². The second-order valence-electron chi connectivity index (χ2n) is 3.95. The number of hydrogen-bond donors (Lipinski definition) is 0. The van der Waals surface area contributed by atoms with Gasteiger partial charge in [-0.05, 0) is 19.3 Å². The van der Waals surface area contributed by atoms with Crippen molar-refractivity contribution in [3.63, 3.8) is 0 Å². The fourth-order valence-corrected chi connectivity index (χ4v) is 2.11. The molecule has 0 aliphatic carbocycles. The number of carbonyl (C=O) groups excluding carboxylic acids is 3. The summed E-state index contributed by atoms with van der Waals surface area (Å²) in [5.74, 6) is -0.393. The molecule has 0 bridgehead atoms. The molecule has 1 amide bonds. The number of piperidine rings is 1. The minimum absolute atomic E-state index is 0.0932. The van der Waals surface area contributed by atoms with Crippen LogP contribution in [0.15, 0.2) is 0 Å². The molecule has 0 aromatic carbocycles. The minimum Gasteiger partial charge on any atom is -0.469 e. The first-order valence-electron chi connectivity index (χ1n) is 5.52. The number of rotatable bonds is 3. The van der Waals surface area contributed by atoms with E-state index in [9.17, 15) is 14.4 Å². The van der Waals surface area contributed by atoms with E-state index in [1.165, 1.54) is 19.1 Å². The van der Waals surface area contributed by atoms with Crippen molar-refractivity contribution in [1.29, 1.82) is 0 Å². The summed E-state index contributed by atoms with van der Waals surface area (Å²) in [6.45, 7) is 0. The van der Waals surface area contributed by atoms with Gasteiger partial charge in [0.1, 0.15) is 6.29 Å². The average molecular weight is 243 g/mol. The van der Waals surface area contributed by atoms with Gasteiger partial charge in [-0.25, -0.2) is 4.79 Å². The van der Waals surface area contributed by atoms with E-state index in [0.717, 1.165) is 12.7 Å². The van der Waals surface area contributed by atoms with Gasteiger partial charge in [-0.1, -0.05) is 0 Å². The Bertz CT molecular complexity index is 304. The van der Waals surface area contributed by atoms with E-state index in [2.05, 4.69) is 9.47 Å². The highest BCUT2D eigenvalue weighted by atomic mass is 16.5. The van der Waals surface area contributed by atoms with E-state index in [1.807, 2.05) is 0 Å². The zero-order chi connectivity index (χ0) is 12.8. The van der Waals surface area contributed by atoms with Gasteiger partial charge < -0.3 is 14.3 Å². The van der Waals surface area contributed by atoms with Crippen LogP contribution in [0.4, 0.5) is 4.79 Å². The fourth-order valence-electron chi connectivity index (χ4n) is 2.11. The van der Waals surface area contributed by atoms with E-state index < -0.39 is 18.1 Å². The average Bonchev–Trinajstić information content (AvgIpc) is 2.37. The molecule has 0 radical (unpaired) electrons. The standard InChI is InChI=1S/C11H17NO5/c1-16-10(14)6-8-4-3-5-9(7-13)12(8)11(15)17-2/h7-9H,3-6H2,1-2H3/t8-,9+/m1/s1. The molecule has 0 saturated carbocycles. The SMILES string of the molecule is COC(=O)C[C@H]1CCC[C@@H](C=O)N1C(=O)OC. The first-order valence-corrected chi connectivity index (χ1v) is 5.52. The summed E-state index contributed by atoms with van der Waals surface area (Å²) in [5, 5.41) is 0. The van der Waals surface area contributed by atoms with Gasteiger partial charge in [0.2, 0.25) is 0 Å². The van der Waals surface area contributed by atoms with Crippen LogP contribution in [0.3, 0.4) is 0 Å². The number of amides is 1. The first kappa shape index (κ1) is 13.5. The maximum atomic E-state index is 11.6. The molecule has 0 aromatic rings. The summed E-state index contributed by atoms with van der Waals surface area (Å²) < 4.78 is 9.22. The first-order chi connectivity index (χ1) is 8.13. The summed E-state index contributed by atoms with van der Waals surface area (Å²) in [5.41, 5.74) is 0. The Morgan fingerprint density at radius 3 is 2.53 bits per heavy atom. The Morgan fingerprint density at radius 1 is 1.29 bits per heavy atom. The van der Waals surface area contributed by atoms with Crippen molar-refractivity contribution in [3.8, 4) is 0 Å². The van der Waals surface area contributed by atoms with E-state index in [4.69, 9.17) is 0 Å². The lowest BCUT2D eigenvalue weighted by atomic mass is 9.94. The van der Waals surface area contributed by atoms with Crippen molar-refractivity contribution < 1.29 is 23.9 Å². The molecule has 1 aliphatic rings. The van der Waals surface area contributed by atoms with Gasteiger partial charge in [0.25, 0.3) is 0 Å². The number of aldehydes is 1. The number of esters is 1. The highest BCUT2D eigenvalue weighted by molar-refractivity contribution is 5.76. The van der Waals surface area contributed by atoms with Crippen LogP contribution in [-0.4, -0.2) is 49.6 Å². The van der Waals surface area contributed by atoms with Gasteiger partial charge in [-0.15, -0.1) is 0 Å². The van der Waals surface area contributed by atoms with Crippen molar-refractivity contribution in [2.75, 3.05) is 14.2 Å². The Balaban J connectivity index is 2.80. The molecule has 6 nitrogen and oxygen atoms in total. The van der Waals surface area contributed by atoms with Crippen molar-refractivity contribution in [1.82, 2.24) is 4.90 Å². The smallest absolute Gasteiger partial charge is 0.410 e. The molecule has 96 valence electrons. The summed E-state index contributed by atoms with van der Waals surface area (Å²) in [4.78, 5) is 35.1. The van der Waals surface area contributed by atoms with Crippen LogP contribution < -0.4 is 0 Å².